The number of piperidine rings is 1. The van der Waals surface area contributed by atoms with Gasteiger partial charge in [0.1, 0.15) is 0 Å². The molecule has 2 aromatic rings. The number of benzene rings is 2. The van der Waals surface area contributed by atoms with Gasteiger partial charge in [0.15, 0.2) is 0 Å². The molecule has 2 N–H and O–H groups in total. The van der Waals surface area contributed by atoms with Crippen molar-refractivity contribution in [1.82, 2.24) is 9.03 Å². The summed E-state index contributed by atoms with van der Waals surface area (Å²) >= 11 is 3.29. The smallest absolute Gasteiger partial charge is 0.243 e. The molecule has 11 heteroatoms. The zero-order chi connectivity index (χ0) is 22.8. The third-order valence-electron chi connectivity index (χ3n) is 5.25. The number of carbonyl (C=O) groups is 1. The summed E-state index contributed by atoms with van der Waals surface area (Å²) in [6, 6.07) is 10.9. The predicted octanol–water partition coefficient (Wildman–Crippen LogP) is 2.71. The van der Waals surface area contributed by atoms with E-state index in [1.165, 1.54) is 35.6 Å². The Hall–Kier alpha value is -1.79. The fraction of sp³-hybridized carbons (Fsp3) is 0.350. The number of hydrogen-bond donors (Lipinski definition) is 2. The molecule has 1 heterocycles. The van der Waals surface area contributed by atoms with Crippen LogP contribution in [0.4, 0.5) is 5.69 Å². The van der Waals surface area contributed by atoms with Gasteiger partial charge in [-0.1, -0.05) is 22.0 Å². The first kappa shape index (κ1) is 23.9. The fourth-order valence-corrected chi connectivity index (χ4v) is 5.93. The van der Waals surface area contributed by atoms with Gasteiger partial charge in [0.25, 0.3) is 0 Å². The van der Waals surface area contributed by atoms with E-state index in [-0.39, 0.29) is 22.2 Å². The van der Waals surface area contributed by atoms with Gasteiger partial charge in [-0.05, 0) is 68.8 Å². The minimum atomic E-state index is -3.71. The molecule has 1 amide bonds. The zero-order valence-electron chi connectivity index (χ0n) is 17.1. The maximum atomic E-state index is 13.0. The summed E-state index contributed by atoms with van der Waals surface area (Å²) in [6.45, 7) is 2.17. The number of aryl methyl sites for hydroxylation is 1. The number of halogens is 1. The molecule has 0 aliphatic carbocycles. The number of hydrogen-bond acceptors (Lipinski definition) is 5. The predicted molar refractivity (Wildman–Crippen MR) is 122 cm³/mol. The van der Waals surface area contributed by atoms with Crippen molar-refractivity contribution in [2.24, 2.45) is 5.92 Å². The molecule has 2 aromatic carbocycles. The molecular formula is C20H24BrN3O5S2. The van der Waals surface area contributed by atoms with Gasteiger partial charge >= 0.3 is 0 Å². The minimum absolute atomic E-state index is 0.0407. The van der Waals surface area contributed by atoms with Crippen molar-refractivity contribution < 1.29 is 21.6 Å². The van der Waals surface area contributed by atoms with E-state index in [9.17, 15) is 21.6 Å². The van der Waals surface area contributed by atoms with E-state index >= 15 is 0 Å². The molecule has 0 saturated carbocycles. The molecule has 3 rings (SSSR count). The van der Waals surface area contributed by atoms with Crippen LogP contribution >= 0.6 is 15.9 Å². The number of amides is 1. The summed E-state index contributed by atoms with van der Waals surface area (Å²) in [5.74, 6) is -0.874. The standard InChI is InChI=1S/C20H24BrN3O5S2/c1-14-5-8-18(30(26,27)22-2)12-19(14)23-20(25)15-4-3-11-24(13-15)31(28,29)17-9-6-16(21)7-10-17/h5-10,12,15,22H,3-4,11,13H2,1-2H3,(H,23,25)/t15-/m1/s1. The second-order valence-corrected chi connectivity index (χ2v) is 12.1. The number of anilines is 1. The number of nitrogens with zero attached hydrogens (tertiary/aromatic N) is 1. The van der Waals surface area contributed by atoms with E-state index in [4.69, 9.17) is 0 Å². The Morgan fingerprint density at radius 2 is 1.71 bits per heavy atom. The molecule has 0 aromatic heterocycles. The molecule has 31 heavy (non-hydrogen) atoms. The van der Waals surface area contributed by atoms with Crippen LogP contribution in [0.3, 0.4) is 0 Å². The van der Waals surface area contributed by atoms with Crippen molar-refractivity contribution in [3.8, 4) is 0 Å². The highest BCUT2D eigenvalue weighted by molar-refractivity contribution is 9.10. The normalized spacial score (nSPS) is 18.0. The van der Waals surface area contributed by atoms with Crippen molar-refractivity contribution >= 4 is 47.6 Å². The quantitative estimate of drug-likeness (QED) is 0.597. The highest BCUT2D eigenvalue weighted by atomic mass is 79.9. The third kappa shape index (κ3) is 5.35. The van der Waals surface area contributed by atoms with Crippen molar-refractivity contribution in [2.75, 3.05) is 25.5 Å². The molecule has 0 unspecified atom stereocenters. The lowest BCUT2D eigenvalue weighted by molar-refractivity contribution is -0.120. The van der Waals surface area contributed by atoms with Crippen molar-refractivity contribution in [3.63, 3.8) is 0 Å². The van der Waals surface area contributed by atoms with E-state index in [2.05, 4.69) is 26.0 Å². The van der Waals surface area contributed by atoms with Crippen LogP contribution in [0.5, 0.6) is 0 Å². The lowest BCUT2D eigenvalue weighted by Gasteiger charge is -2.31. The summed E-state index contributed by atoms with van der Waals surface area (Å²) in [6.07, 6.45) is 1.10. The lowest BCUT2D eigenvalue weighted by atomic mass is 9.98. The van der Waals surface area contributed by atoms with Crippen LogP contribution in [-0.4, -0.2) is 47.2 Å². The molecule has 8 nitrogen and oxygen atoms in total. The Kier molecular flexibility index (Phi) is 7.21. The van der Waals surface area contributed by atoms with Crippen LogP contribution in [0.1, 0.15) is 18.4 Å². The molecule has 168 valence electrons. The van der Waals surface area contributed by atoms with E-state index < -0.39 is 26.0 Å². The molecule has 0 bridgehead atoms. The van der Waals surface area contributed by atoms with Gasteiger partial charge in [-0.2, -0.15) is 4.31 Å². The first-order valence-electron chi connectivity index (χ1n) is 9.65. The van der Waals surface area contributed by atoms with E-state index in [0.717, 1.165) is 4.47 Å². The Bertz CT molecular complexity index is 1180. The molecule has 1 aliphatic rings. The summed E-state index contributed by atoms with van der Waals surface area (Å²) in [7, 11) is -6.05. The van der Waals surface area contributed by atoms with E-state index in [1.54, 1.807) is 25.1 Å². The van der Waals surface area contributed by atoms with E-state index in [0.29, 0.717) is 30.6 Å². The minimum Gasteiger partial charge on any atom is -0.326 e. The van der Waals surface area contributed by atoms with Crippen LogP contribution in [0.2, 0.25) is 0 Å². The highest BCUT2D eigenvalue weighted by Crippen LogP contribution is 2.27. The summed E-state index contributed by atoms with van der Waals surface area (Å²) in [4.78, 5) is 13.1. The second kappa shape index (κ2) is 9.37. The summed E-state index contributed by atoms with van der Waals surface area (Å²) in [5, 5.41) is 2.78. The van der Waals surface area contributed by atoms with Gasteiger partial charge in [-0.15, -0.1) is 0 Å². The first-order chi connectivity index (χ1) is 14.5. The van der Waals surface area contributed by atoms with Crippen LogP contribution in [0, 0.1) is 12.8 Å². The Labute approximate surface area is 191 Å². The van der Waals surface area contributed by atoms with Crippen molar-refractivity contribution in [2.45, 2.75) is 29.6 Å². The number of carbonyl (C=O) groups excluding carboxylic acids is 1. The molecule has 1 saturated heterocycles. The van der Waals surface area contributed by atoms with Crippen LogP contribution < -0.4 is 10.0 Å². The second-order valence-electron chi connectivity index (χ2n) is 7.33. The fourth-order valence-electron chi connectivity index (χ4n) is 3.39. The van der Waals surface area contributed by atoms with Crippen LogP contribution in [0.25, 0.3) is 0 Å². The van der Waals surface area contributed by atoms with Gasteiger partial charge < -0.3 is 5.32 Å². The molecule has 0 radical (unpaired) electrons. The van der Waals surface area contributed by atoms with Gasteiger partial charge in [0, 0.05) is 23.2 Å². The third-order valence-corrected chi connectivity index (χ3v) is 9.07. The monoisotopic (exact) mass is 529 g/mol. The van der Waals surface area contributed by atoms with E-state index in [1.807, 2.05) is 0 Å². The van der Waals surface area contributed by atoms with Crippen LogP contribution in [-0.2, 0) is 24.8 Å². The molecule has 1 atom stereocenters. The highest BCUT2D eigenvalue weighted by Gasteiger charge is 2.33. The van der Waals surface area contributed by atoms with Crippen LogP contribution in [0.15, 0.2) is 56.7 Å². The Balaban J connectivity index is 1.77. The number of nitrogens with one attached hydrogen (secondary N) is 2. The average Bonchev–Trinajstić information content (AvgIpc) is 2.75. The Morgan fingerprint density at radius 1 is 1.06 bits per heavy atom. The SMILES string of the molecule is CNS(=O)(=O)c1ccc(C)c(NC(=O)[C@@H]2CCCN(S(=O)(=O)c3ccc(Br)cc3)C2)c1. The van der Waals surface area contributed by atoms with Gasteiger partial charge in [-0.3, -0.25) is 4.79 Å². The largest absolute Gasteiger partial charge is 0.326 e. The molecule has 0 spiro atoms. The van der Waals surface area contributed by atoms with Gasteiger partial charge in [-0.25, -0.2) is 21.6 Å². The maximum absolute atomic E-state index is 13.0. The van der Waals surface area contributed by atoms with Gasteiger partial charge in [0.05, 0.1) is 15.7 Å². The van der Waals surface area contributed by atoms with Crippen molar-refractivity contribution in [1.29, 1.82) is 0 Å². The number of rotatable bonds is 6. The maximum Gasteiger partial charge on any atom is 0.243 e. The topological polar surface area (TPSA) is 113 Å². The first-order valence-corrected chi connectivity index (χ1v) is 13.4. The lowest BCUT2D eigenvalue weighted by Crippen LogP contribution is -2.43. The molecule has 1 aliphatic heterocycles. The zero-order valence-corrected chi connectivity index (χ0v) is 20.3. The molecular weight excluding hydrogens is 506 g/mol. The van der Waals surface area contributed by atoms with Gasteiger partial charge in [0.2, 0.25) is 26.0 Å². The average molecular weight is 530 g/mol. The van der Waals surface area contributed by atoms with Crippen molar-refractivity contribution in [3.05, 3.63) is 52.5 Å². The molecule has 1 fully saturated rings. The summed E-state index contributed by atoms with van der Waals surface area (Å²) in [5.41, 5.74) is 1.09. The Morgan fingerprint density at radius 3 is 2.35 bits per heavy atom. The summed E-state index contributed by atoms with van der Waals surface area (Å²) < 4.78 is 54.4. The number of sulfonamides is 2.